The summed E-state index contributed by atoms with van der Waals surface area (Å²) in [5, 5.41) is 1.09. The fourth-order valence-corrected chi connectivity index (χ4v) is 7.13. The molecule has 5 aromatic rings. The average molecular weight is 596 g/mol. The Morgan fingerprint density at radius 1 is 0.927 bits per heavy atom. The first-order valence-electron chi connectivity index (χ1n) is 13.4. The van der Waals surface area contributed by atoms with Crippen molar-refractivity contribution in [3.63, 3.8) is 0 Å². The number of hydrogen-bond acceptors (Lipinski definition) is 4. The van der Waals surface area contributed by atoms with Crippen molar-refractivity contribution >= 4 is 46.3 Å². The molecule has 0 saturated carbocycles. The van der Waals surface area contributed by atoms with Gasteiger partial charge in [-0.3, -0.25) is 9.36 Å². The molecule has 1 aliphatic heterocycles. The zero-order chi connectivity index (χ0) is 27.9. The number of para-hydroxylation sites is 1. The molecule has 0 spiro atoms. The van der Waals surface area contributed by atoms with E-state index >= 15 is 0 Å². The molecule has 0 saturated heterocycles. The molecule has 0 bridgehead atoms. The Morgan fingerprint density at radius 2 is 1.71 bits per heavy atom. The average Bonchev–Trinajstić information content (AvgIpc) is 3.30. The van der Waals surface area contributed by atoms with Crippen LogP contribution in [-0.4, -0.2) is 4.57 Å². The van der Waals surface area contributed by atoms with E-state index in [-0.39, 0.29) is 11.6 Å². The van der Waals surface area contributed by atoms with Gasteiger partial charge in [-0.1, -0.05) is 113 Å². The second-order valence-corrected chi connectivity index (χ2v) is 11.9. The lowest BCUT2D eigenvalue weighted by atomic mass is 9.83. The Morgan fingerprint density at radius 3 is 2.56 bits per heavy atom. The summed E-state index contributed by atoms with van der Waals surface area (Å²) in [5.74, 6) is 0.715. The quantitative estimate of drug-likeness (QED) is 0.216. The van der Waals surface area contributed by atoms with Crippen LogP contribution in [0.4, 0.5) is 0 Å². The van der Waals surface area contributed by atoms with Gasteiger partial charge in [0.05, 0.1) is 16.3 Å². The standard InChI is InChI=1S/C34H24Cl2N2O2S/c35-24-15-17-26(28(36)19-24)32-27-16-14-22-10-4-6-12-25(22)31(27)37-34-38(32)33(39)30(41-34)18-23-11-5-7-13-29(23)40-20-21-8-2-1-3-9-21/h1-13,15,17-19,32H,14,16,20H2/t32-/m0/s1. The molecule has 0 radical (unpaired) electrons. The third-order valence-electron chi connectivity index (χ3n) is 7.57. The molecular formula is C34H24Cl2N2O2S. The number of benzene rings is 4. The van der Waals surface area contributed by atoms with Gasteiger partial charge in [-0.15, -0.1) is 0 Å². The summed E-state index contributed by atoms with van der Waals surface area (Å²) in [4.78, 5) is 19.9. The van der Waals surface area contributed by atoms with Gasteiger partial charge in [0.15, 0.2) is 4.80 Å². The van der Waals surface area contributed by atoms with Gasteiger partial charge in [-0.25, -0.2) is 4.99 Å². The smallest absolute Gasteiger partial charge is 0.271 e. The van der Waals surface area contributed by atoms with E-state index in [4.69, 9.17) is 32.9 Å². The molecule has 0 N–H and O–H groups in total. The van der Waals surface area contributed by atoms with Gasteiger partial charge in [0.2, 0.25) is 0 Å². The van der Waals surface area contributed by atoms with Crippen LogP contribution in [-0.2, 0) is 13.0 Å². The fourth-order valence-electron chi connectivity index (χ4n) is 5.63. The molecule has 4 aromatic carbocycles. The number of allylic oxidation sites excluding steroid dienone is 1. The number of rotatable bonds is 5. The van der Waals surface area contributed by atoms with E-state index in [1.165, 1.54) is 16.9 Å². The number of aromatic nitrogens is 1. The predicted octanol–water partition coefficient (Wildman–Crippen LogP) is 7.20. The molecule has 1 aliphatic carbocycles. The molecule has 0 amide bonds. The highest BCUT2D eigenvalue weighted by Gasteiger charge is 2.33. The van der Waals surface area contributed by atoms with E-state index < -0.39 is 0 Å². The molecule has 7 rings (SSSR count). The lowest BCUT2D eigenvalue weighted by Crippen LogP contribution is -2.38. The largest absolute Gasteiger partial charge is 0.488 e. The summed E-state index contributed by atoms with van der Waals surface area (Å²) in [5.41, 5.74) is 7.06. The van der Waals surface area contributed by atoms with Crippen LogP contribution in [0.2, 0.25) is 10.0 Å². The molecule has 0 fully saturated rings. The first-order chi connectivity index (χ1) is 20.1. The molecule has 7 heteroatoms. The van der Waals surface area contributed by atoms with Gasteiger partial charge < -0.3 is 4.74 Å². The highest BCUT2D eigenvalue weighted by Crippen LogP contribution is 2.43. The minimum Gasteiger partial charge on any atom is -0.488 e. The van der Waals surface area contributed by atoms with E-state index in [0.717, 1.165) is 46.4 Å². The SMILES string of the molecule is O=c1c(=Cc2ccccc2OCc2ccccc2)sc2n1[C@@H](c1ccc(Cl)cc1Cl)C1=C(N=2)c2ccccc2CC1. The zero-order valence-electron chi connectivity index (χ0n) is 21.9. The van der Waals surface area contributed by atoms with E-state index in [1.54, 1.807) is 10.6 Å². The Kier molecular flexibility index (Phi) is 6.87. The van der Waals surface area contributed by atoms with Gasteiger partial charge in [0.1, 0.15) is 12.4 Å². The van der Waals surface area contributed by atoms with Crippen LogP contribution in [0.5, 0.6) is 5.75 Å². The maximum atomic E-state index is 14.1. The van der Waals surface area contributed by atoms with E-state index in [2.05, 4.69) is 18.2 Å². The molecule has 202 valence electrons. The third-order valence-corrected chi connectivity index (χ3v) is 9.12. The van der Waals surface area contributed by atoms with Crippen LogP contribution >= 0.6 is 34.5 Å². The summed E-state index contributed by atoms with van der Waals surface area (Å²) in [6, 6.07) is 31.3. The van der Waals surface area contributed by atoms with Crippen LogP contribution in [0.15, 0.2) is 112 Å². The Bertz CT molecular complexity index is 2010. The highest BCUT2D eigenvalue weighted by atomic mass is 35.5. The first-order valence-corrected chi connectivity index (χ1v) is 15.0. The summed E-state index contributed by atoms with van der Waals surface area (Å²) < 4.78 is 8.56. The number of aryl methyl sites for hydroxylation is 1. The normalized spacial score (nSPS) is 16.0. The van der Waals surface area contributed by atoms with Crippen molar-refractivity contribution in [1.82, 2.24) is 4.57 Å². The lowest BCUT2D eigenvalue weighted by molar-refractivity contribution is 0.305. The number of fused-ring (bicyclic) bond motifs is 3. The van der Waals surface area contributed by atoms with Gasteiger partial charge >= 0.3 is 0 Å². The van der Waals surface area contributed by atoms with Gasteiger partial charge in [-0.2, -0.15) is 0 Å². The van der Waals surface area contributed by atoms with Crippen molar-refractivity contribution in [3.05, 3.63) is 160 Å². The summed E-state index contributed by atoms with van der Waals surface area (Å²) in [6.07, 6.45) is 3.57. The molecule has 1 aromatic heterocycles. The van der Waals surface area contributed by atoms with Crippen molar-refractivity contribution in [3.8, 4) is 5.75 Å². The van der Waals surface area contributed by atoms with E-state index in [1.807, 2.05) is 78.9 Å². The number of hydrogen-bond donors (Lipinski definition) is 0. The van der Waals surface area contributed by atoms with Gasteiger partial charge in [0, 0.05) is 21.2 Å². The van der Waals surface area contributed by atoms with Gasteiger partial charge in [-0.05, 0) is 59.4 Å². The monoisotopic (exact) mass is 594 g/mol. The topological polar surface area (TPSA) is 43.6 Å². The fraction of sp³-hybridized carbons (Fsp3) is 0.118. The second-order valence-electron chi connectivity index (χ2n) is 10.1. The summed E-state index contributed by atoms with van der Waals surface area (Å²) in [7, 11) is 0. The highest BCUT2D eigenvalue weighted by molar-refractivity contribution is 7.07. The first kappa shape index (κ1) is 26.0. The number of halogens is 2. The maximum absolute atomic E-state index is 14.1. The minimum atomic E-state index is -0.369. The molecule has 4 nitrogen and oxygen atoms in total. The van der Waals surface area contributed by atoms with Crippen LogP contribution in [0.25, 0.3) is 11.8 Å². The van der Waals surface area contributed by atoms with Crippen LogP contribution in [0.1, 0.15) is 40.3 Å². The molecule has 2 aliphatic rings. The Hall–Kier alpha value is -3.90. The number of nitrogens with zero attached hydrogens (tertiary/aromatic N) is 2. The van der Waals surface area contributed by atoms with Crippen molar-refractivity contribution < 1.29 is 4.74 Å². The molecule has 0 unspecified atom stereocenters. The van der Waals surface area contributed by atoms with Crippen molar-refractivity contribution in [2.24, 2.45) is 4.99 Å². The van der Waals surface area contributed by atoms with Crippen molar-refractivity contribution in [2.45, 2.75) is 25.5 Å². The molecule has 41 heavy (non-hydrogen) atoms. The van der Waals surface area contributed by atoms with Crippen molar-refractivity contribution in [1.29, 1.82) is 0 Å². The molecule has 1 atom stereocenters. The number of ether oxygens (including phenoxy) is 1. The number of thiazole rings is 1. The summed E-state index contributed by atoms with van der Waals surface area (Å²) >= 11 is 14.4. The Labute approximate surface area is 251 Å². The van der Waals surface area contributed by atoms with Crippen LogP contribution < -0.4 is 19.6 Å². The third kappa shape index (κ3) is 4.84. The van der Waals surface area contributed by atoms with E-state index in [0.29, 0.717) is 31.7 Å². The predicted molar refractivity (Wildman–Crippen MR) is 166 cm³/mol. The zero-order valence-corrected chi connectivity index (χ0v) is 24.2. The maximum Gasteiger partial charge on any atom is 0.271 e. The minimum absolute atomic E-state index is 0.104. The second kappa shape index (κ2) is 10.8. The Balaban J connectivity index is 1.39. The van der Waals surface area contributed by atoms with Crippen molar-refractivity contribution in [2.75, 3.05) is 0 Å². The van der Waals surface area contributed by atoms with E-state index in [9.17, 15) is 4.79 Å². The lowest BCUT2D eigenvalue weighted by Gasteiger charge is -2.31. The van der Waals surface area contributed by atoms with Crippen LogP contribution in [0.3, 0.4) is 0 Å². The molecule has 2 heterocycles. The van der Waals surface area contributed by atoms with Crippen LogP contribution in [0, 0.1) is 0 Å². The van der Waals surface area contributed by atoms with Gasteiger partial charge in [0.25, 0.3) is 5.56 Å². The molecular weight excluding hydrogens is 571 g/mol. The summed E-state index contributed by atoms with van der Waals surface area (Å²) in [6.45, 7) is 0.439.